The van der Waals surface area contributed by atoms with E-state index < -0.39 is 0 Å². The predicted octanol–water partition coefficient (Wildman–Crippen LogP) is 2.40. The van der Waals surface area contributed by atoms with Gasteiger partial charge < -0.3 is 19.7 Å². The lowest BCUT2D eigenvalue weighted by atomic mass is 10.1. The van der Waals surface area contributed by atoms with Crippen LogP contribution in [0.2, 0.25) is 0 Å². The van der Waals surface area contributed by atoms with Crippen LogP contribution in [-0.4, -0.2) is 67.6 Å². The van der Waals surface area contributed by atoms with Crippen LogP contribution in [0, 0.1) is 13.8 Å². The van der Waals surface area contributed by atoms with Gasteiger partial charge >= 0.3 is 0 Å². The second kappa shape index (κ2) is 9.39. The summed E-state index contributed by atoms with van der Waals surface area (Å²) in [4.78, 5) is 29.2. The van der Waals surface area contributed by atoms with Crippen LogP contribution >= 0.6 is 0 Å². The number of nitrogens with zero attached hydrogens (tertiary/aromatic N) is 2. The van der Waals surface area contributed by atoms with Gasteiger partial charge in [0.15, 0.2) is 11.5 Å². The van der Waals surface area contributed by atoms with Crippen LogP contribution in [0.4, 0.5) is 5.69 Å². The SMILES string of the molecule is Cc1cccc(C)c1NC(=O)CN1CCN(C(=O)Cc2ccc3c(c2)OCCO3)CC1. The molecule has 7 heteroatoms. The number of carbonyl (C=O) groups excluding carboxylic acids is 2. The summed E-state index contributed by atoms with van der Waals surface area (Å²) >= 11 is 0. The average Bonchev–Trinajstić information content (AvgIpc) is 2.77. The number of hydrogen-bond acceptors (Lipinski definition) is 5. The number of rotatable bonds is 5. The minimum Gasteiger partial charge on any atom is -0.486 e. The highest BCUT2D eigenvalue weighted by Crippen LogP contribution is 2.31. The second-order valence-corrected chi connectivity index (χ2v) is 8.13. The standard InChI is InChI=1S/C24H29N3O4/c1-17-4-3-5-18(2)24(17)25-22(28)16-26-8-10-27(11-9-26)23(29)15-19-6-7-20-21(14-19)31-13-12-30-20/h3-7,14H,8-13,15-16H2,1-2H3,(H,25,28). The molecule has 2 heterocycles. The van der Waals surface area contributed by atoms with E-state index >= 15 is 0 Å². The Bertz CT molecular complexity index is 947. The van der Waals surface area contributed by atoms with Gasteiger partial charge in [0.25, 0.3) is 0 Å². The van der Waals surface area contributed by atoms with E-state index in [1.165, 1.54) is 0 Å². The number of anilines is 1. The number of fused-ring (bicyclic) bond motifs is 1. The summed E-state index contributed by atoms with van der Waals surface area (Å²) in [5.41, 5.74) is 3.93. The molecule has 0 saturated carbocycles. The highest BCUT2D eigenvalue weighted by Gasteiger charge is 2.23. The Balaban J connectivity index is 1.25. The van der Waals surface area contributed by atoms with E-state index in [2.05, 4.69) is 10.2 Å². The molecule has 0 spiro atoms. The number of benzene rings is 2. The maximum absolute atomic E-state index is 12.7. The average molecular weight is 424 g/mol. The number of ether oxygens (including phenoxy) is 2. The van der Waals surface area contributed by atoms with Gasteiger partial charge in [-0.2, -0.15) is 0 Å². The van der Waals surface area contributed by atoms with Crippen molar-refractivity contribution in [2.45, 2.75) is 20.3 Å². The molecule has 4 rings (SSSR count). The summed E-state index contributed by atoms with van der Waals surface area (Å²) in [7, 11) is 0. The lowest BCUT2D eigenvalue weighted by molar-refractivity contribution is -0.132. The number of amides is 2. The number of carbonyl (C=O) groups is 2. The van der Waals surface area contributed by atoms with Crippen LogP contribution < -0.4 is 14.8 Å². The fourth-order valence-electron chi connectivity index (χ4n) is 4.03. The van der Waals surface area contributed by atoms with Gasteiger partial charge in [-0.15, -0.1) is 0 Å². The molecule has 2 aliphatic rings. The molecule has 1 saturated heterocycles. The highest BCUT2D eigenvalue weighted by atomic mass is 16.6. The van der Waals surface area contributed by atoms with Crippen molar-refractivity contribution in [3.05, 3.63) is 53.1 Å². The third-order valence-corrected chi connectivity index (χ3v) is 5.80. The molecule has 2 aliphatic heterocycles. The molecule has 164 valence electrons. The smallest absolute Gasteiger partial charge is 0.238 e. The van der Waals surface area contributed by atoms with Crippen molar-refractivity contribution in [1.82, 2.24) is 9.80 Å². The first-order valence-electron chi connectivity index (χ1n) is 10.7. The van der Waals surface area contributed by atoms with Gasteiger partial charge in [-0.1, -0.05) is 24.3 Å². The van der Waals surface area contributed by atoms with Gasteiger partial charge in [-0.05, 0) is 42.7 Å². The Morgan fingerprint density at radius 3 is 2.32 bits per heavy atom. The minimum atomic E-state index is -0.0199. The number of nitrogens with one attached hydrogen (secondary N) is 1. The first kappa shape index (κ1) is 21.2. The van der Waals surface area contributed by atoms with Crippen molar-refractivity contribution in [3.63, 3.8) is 0 Å². The normalized spacial score (nSPS) is 16.1. The largest absolute Gasteiger partial charge is 0.486 e. The maximum atomic E-state index is 12.7. The van der Waals surface area contributed by atoms with Crippen LogP contribution in [0.3, 0.4) is 0 Å². The van der Waals surface area contributed by atoms with Crippen LogP contribution in [0.25, 0.3) is 0 Å². The van der Waals surface area contributed by atoms with E-state index in [1.807, 2.05) is 55.1 Å². The topological polar surface area (TPSA) is 71.1 Å². The molecule has 0 atom stereocenters. The van der Waals surface area contributed by atoms with Crippen LogP contribution in [0.1, 0.15) is 16.7 Å². The van der Waals surface area contributed by atoms with Crippen LogP contribution in [0.5, 0.6) is 11.5 Å². The summed E-state index contributed by atoms with van der Waals surface area (Å²) in [6.07, 6.45) is 0.337. The molecule has 0 radical (unpaired) electrons. The lowest BCUT2D eigenvalue weighted by Crippen LogP contribution is -2.50. The molecule has 2 aromatic carbocycles. The quantitative estimate of drug-likeness (QED) is 0.800. The number of aryl methyl sites for hydroxylation is 2. The van der Waals surface area contributed by atoms with Gasteiger partial charge in [0.1, 0.15) is 13.2 Å². The molecule has 2 amide bonds. The monoisotopic (exact) mass is 423 g/mol. The zero-order chi connectivity index (χ0) is 21.8. The van der Waals surface area contributed by atoms with Crippen LogP contribution in [-0.2, 0) is 16.0 Å². The predicted molar refractivity (Wildman–Crippen MR) is 119 cm³/mol. The molecule has 0 aromatic heterocycles. The zero-order valence-electron chi connectivity index (χ0n) is 18.1. The van der Waals surface area contributed by atoms with Gasteiger partial charge in [0.2, 0.25) is 11.8 Å². The Morgan fingerprint density at radius 1 is 0.935 bits per heavy atom. The molecular weight excluding hydrogens is 394 g/mol. The van der Waals surface area contributed by atoms with E-state index in [0.29, 0.717) is 58.1 Å². The molecule has 7 nitrogen and oxygen atoms in total. The molecular formula is C24H29N3O4. The Labute approximate surface area is 182 Å². The van der Waals surface area contributed by atoms with Gasteiger partial charge in [-0.3, -0.25) is 14.5 Å². The van der Waals surface area contributed by atoms with Gasteiger partial charge in [0.05, 0.1) is 13.0 Å². The molecule has 0 bridgehead atoms. The van der Waals surface area contributed by atoms with Crippen molar-refractivity contribution in [2.24, 2.45) is 0 Å². The fraction of sp³-hybridized carbons (Fsp3) is 0.417. The number of piperazine rings is 1. The third kappa shape index (κ3) is 5.17. The molecule has 1 N–H and O–H groups in total. The van der Waals surface area contributed by atoms with Gasteiger partial charge in [0, 0.05) is 31.9 Å². The second-order valence-electron chi connectivity index (χ2n) is 8.13. The molecule has 31 heavy (non-hydrogen) atoms. The lowest BCUT2D eigenvalue weighted by Gasteiger charge is -2.34. The number of para-hydroxylation sites is 1. The molecule has 2 aromatic rings. The summed E-state index contributed by atoms with van der Waals surface area (Å²) in [6, 6.07) is 11.6. The highest BCUT2D eigenvalue weighted by molar-refractivity contribution is 5.93. The van der Waals surface area contributed by atoms with Gasteiger partial charge in [-0.25, -0.2) is 0 Å². The summed E-state index contributed by atoms with van der Waals surface area (Å²) in [5.74, 6) is 1.51. The summed E-state index contributed by atoms with van der Waals surface area (Å²) < 4.78 is 11.1. The van der Waals surface area contributed by atoms with Crippen molar-refractivity contribution >= 4 is 17.5 Å². The third-order valence-electron chi connectivity index (χ3n) is 5.80. The molecule has 1 fully saturated rings. The Morgan fingerprint density at radius 2 is 1.61 bits per heavy atom. The van der Waals surface area contributed by atoms with Crippen molar-refractivity contribution in [1.29, 1.82) is 0 Å². The Hall–Kier alpha value is -3.06. The van der Waals surface area contributed by atoms with E-state index in [9.17, 15) is 9.59 Å². The summed E-state index contributed by atoms with van der Waals surface area (Å²) in [6.45, 7) is 8.03. The maximum Gasteiger partial charge on any atom is 0.238 e. The van der Waals surface area contributed by atoms with Crippen LogP contribution in [0.15, 0.2) is 36.4 Å². The fourth-order valence-corrected chi connectivity index (χ4v) is 4.03. The van der Waals surface area contributed by atoms with E-state index in [-0.39, 0.29) is 11.8 Å². The van der Waals surface area contributed by atoms with Crippen molar-refractivity contribution < 1.29 is 19.1 Å². The molecule has 0 unspecified atom stereocenters. The van der Waals surface area contributed by atoms with Crippen molar-refractivity contribution in [3.8, 4) is 11.5 Å². The summed E-state index contributed by atoms with van der Waals surface area (Å²) in [5, 5.41) is 3.03. The van der Waals surface area contributed by atoms with E-state index in [4.69, 9.17) is 9.47 Å². The zero-order valence-corrected chi connectivity index (χ0v) is 18.1. The van der Waals surface area contributed by atoms with Crippen molar-refractivity contribution in [2.75, 3.05) is 51.3 Å². The van der Waals surface area contributed by atoms with E-state index in [1.54, 1.807) is 0 Å². The first-order chi connectivity index (χ1) is 15.0. The van der Waals surface area contributed by atoms with E-state index in [0.717, 1.165) is 28.1 Å². The minimum absolute atomic E-state index is 0.0199. The first-order valence-corrected chi connectivity index (χ1v) is 10.7. The molecule has 0 aliphatic carbocycles. The Kier molecular flexibility index (Phi) is 6.42. The number of hydrogen-bond donors (Lipinski definition) is 1.